The fourth-order valence-electron chi connectivity index (χ4n) is 1.14. The molecule has 0 aromatic carbocycles. The lowest BCUT2D eigenvalue weighted by Gasteiger charge is -2.00. The van der Waals surface area contributed by atoms with Crippen LogP contribution in [0.1, 0.15) is 17.8 Å². The molecule has 0 radical (unpaired) electrons. The fourth-order valence-corrected chi connectivity index (χ4v) is 1.14. The molecule has 1 rings (SSSR count). The maximum absolute atomic E-state index is 5.39. The summed E-state index contributed by atoms with van der Waals surface area (Å²) in [6, 6.07) is 2.08. The third kappa shape index (κ3) is 2.95. The Bertz CT molecular complexity index is 232. The summed E-state index contributed by atoms with van der Waals surface area (Å²) in [6.07, 6.45) is 1.00. The van der Waals surface area contributed by atoms with Gasteiger partial charge in [0.1, 0.15) is 0 Å². The first kappa shape index (κ1) is 11.6. The molecule has 0 fully saturated rings. The van der Waals surface area contributed by atoms with Gasteiger partial charge in [0.25, 0.3) is 0 Å². The topological polar surface area (TPSA) is 43.8 Å². The van der Waals surface area contributed by atoms with Crippen LogP contribution in [0.15, 0.2) is 6.07 Å². The van der Waals surface area contributed by atoms with Gasteiger partial charge in [-0.1, -0.05) is 0 Å². The Kier molecular flexibility index (Phi) is 5.17. The van der Waals surface area contributed by atoms with Gasteiger partial charge in [-0.15, -0.1) is 17.0 Å². The van der Waals surface area contributed by atoms with Gasteiger partial charge >= 0.3 is 0 Å². The summed E-state index contributed by atoms with van der Waals surface area (Å²) in [5, 5.41) is 4.31. The third-order valence-electron chi connectivity index (χ3n) is 1.68. The number of nitrogens with zero attached hydrogens (tertiary/aromatic N) is 2. The van der Waals surface area contributed by atoms with Crippen molar-refractivity contribution in [3.8, 4) is 0 Å². The van der Waals surface area contributed by atoms with E-state index in [1.807, 2.05) is 11.6 Å². The molecule has 3 nitrogen and oxygen atoms in total. The number of hydrogen-bond acceptors (Lipinski definition) is 2. The van der Waals surface area contributed by atoms with E-state index in [1.54, 1.807) is 0 Å². The Hall–Kier alpha value is -0.350. The average molecular weight is 234 g/mol. The van der Waals surface area contributed by atoms with E-state index >= 15 is 0 Å². The molecule has 1 heterocycles. The van der Waals surface area contributed by atoms with Crippen molar-refractivity contribution in [3.05, 3.63) is 17.5 Å². The van der Waals surface area contributed by atoms with Crippen LogP contribution in [0.2, 0.25) is 0 Å². The van der Waals surface area contributed by atoms with E-state index in [2.05, 4.69) is 18.1 Å². The average Bonchev–Trinajstić information content (AvgIpc) is 2.26. The Balaban J connectivity index is 0.00000121. The summed E-state index contributed by atoms with van der Waals surface area (Å²) in [5.74, 6) is 0. The molecule has 0 saturated heterocycles. The maximum Gasteiger partial charge on any atom is 0.0596 e. The number of halogens is 1. The molecule has 12 heavy (non-hydrogen) atoms. The van der Waals surface area contributed by atoms with Gasteiger partial charge < -0.3 is 5.73 Å². The minimum Gasteiger partial charge on any atom is -0.330 e. The summed E-state index contributed by atoms with van der Waals surface area (Å²) >= 11 is 0. The van der Waals surface area contributed by atoms with Crippen LogP contribution in [0.4, 0.5) is 0 Å². The van der Waals surface area contributed by atoms with Crippen LogP contribution in [-0.2, 0) is 6.54 Å². The van der Waals surface area contributed by atoms with Gasteiger partial charge in [-0.2, -0.15) is 5.10 Å². The Morgan fingerprint density at radius 1 is 1.50 bits per heavy atom. The molecule has 0 saturated carbocycles. The van der Waals surface area contributed by atoms with Crippen molar-refractivity contribution in [2.24, 2.45) is 5.73 Å². The first-order valence-corrected chi connectivity index (χ1v) is 3.95. The summed E-state index contributed by atoms with van der Waals surface area (Å²) in [7, 11) is 0. The summed E-state index contributed by atoms with van der Waals surface area (Å²) in [5.41, 5.74) is 7.69. The summed E-state index contributed by atoms with van der Waals surface area (Å²) in [4.78, 5) is 0. The lowest BCUT2D eigenvalue weighted by atomic mass is 10.4. The summed E-state index contributed by atoms with van der Waals surface area (Å²) < 4.78 is 2.00. The van der Waals surface area contributed by atoms with Gasteiger partial charge in [-0.25, -0.2) is 0 Å². The number of aryl methyl sites for hydroxylation is 3. The van der Waals surface area contributed by atoms with Crippen LogP contribution in [0.25, 0.3) is 0 Å². The molecular formula is C8H16BrN3. The SMILES string of the molecule is Br.Cc1cc(C)n(CCCN)n1. The zero-order chi connectivity index (χ0) is 8.27. The standard InChI is InChI=1S/C8H15N3.BrH/c1-7-6-8(2)11(10-7)5-3-4-9;/h6H,3-5,9H2,1-2H3;1H. The fraction of sp³-hybridized carbons (Fsp3) is 0.625. The highest BCUT2D eigenvalue weighted by atomic mass is 79.9. The minimum atomic E-state index is 0. The van der Waals surface area contributed by atoms with Crippen LogP contribution in [0.3, 0.4) is 0 Å². The second kappa shape index (κ2) is 5.32. The Labute approximate surface area is 83.7 Å². The highest BCUT2D eigenvalue weighted by Crippen LogP contribution is 2.01. The predicted octanol–water partition coefficient (Wildman–Crippen LogP) is 1.43. The van der Waals surface area contributed by atoms with Crippen LogP contribution < -0.4 is 5.73 Å². The first-order valence-electron chi connectivity index (χ1n) is 3.95. The molecule has 0 atom stereocenters. The predicted molar refractivity (Wildman–Crippen MR) is 55.7 cm³/mol. The number of rotatable bonds is 3. The van der Waals surface area contributed by atoms with E-state index in [4.69, 9.17) is 5.73 Å². The van der Waals surface area contributed by atoms with Crippen molar-refractivity contribution in [1.82, 2.24) is 9.78 Å². The van der Waals surface area contributed by atoms with Gasteiger partial charge in [-0.3, -0.25) is 4.68 Å². The molecule has 1 aromatic heterocycles. The Morgan fingerprint density at radius 3 is 2.58 bits per heavy atom. The third-order valence-corrected chi connectivity index (χ3v) is 1.68. The van der Waals surface area contributed by atoms with Crippen LogP contribution in [0.5, 0.6) is 0 Å². The van der Waals surface area contributed by atoms with Crippen molar-refractivity contribution >= 4 is 17.0 Å². The van der Waals surface area contributed by atoms with E-state index in [-0.39, 0.29) is 17.0 Å². The van der Waals surface area contributed by atoms with Crippen molar-refractivity contribution in [2.45, 2.75) is 26.8 Å². The van der Waals surface area contributed by atoms with Gasteiger partial charge in [-0.05, 0) is 32.9 Å². The van der Waals surface area contributed by atoms with Crippen molar-refractivity contribution in [3.63, 3.8) is 0 Å². The van der Waals surface area contributed by atoms with E-state index in [9.17, 15) is 0 Å². The van der Waals surface area contributed by atoms with Crippen LogP contribution in [0, 0.1) is 13.8 Å². The number of hydrogen-bond donors (Lipinski definition) is 1. The zero-order valence-electron chi connectivity index (χ0n) is 7.58. The van der Waals surface area contributed by atoms with Crippen molar-refractivity contribution in [1.29, 1.82) is 0 Å². The molecule has 2 N–H and O–H groups in total. The molecule has 0 bridgehead atoms. The minimum absolute atomic E-state index is 0. The largest absolute Gasteiger partial charge is 0.330 e. The van der Waals surface area contributed by atoms with Gasteiger partial charge in [0.15, 0.2) is 0 Å². The molecule has 70 valence electrons. The Morgan fingerprint density at radius 2 is 2.17 bits per heavy atom. The van der Waals surface area contributed by atoms with Gasteiger partial charge in [0.05, 0.1) is 5.69 Å². The van der Waals surface area contributed by atoms with Crippen molar-refractivity contribution < 1.29 is 0 Å². The normalized spacial score (nSPS) is 9.58. The van der Waals surface area contributed by atoms with Gasteiger partial charge in [0.2, 0.25) is 0 Å². The summed E-state index contributed by atoms with van der Waals surface area (Å²) in [6.45, 7) is 5.75. The first-order chi connectivity index (χ1) is 5.24. The molecule has 1 aromatic rings. The molecule has 4 heteroatoms. The zero-order valence-corrected chi connectivity index (χ0v) is 9.29. The monoisotopic (exact) mass is 233 g/mol. The second-order valence-electron chi connectivity index (χ2n) is 2.79. The van der Waals surface area contributed by atoms with Crippen LogP contribution >= 0.6 is 17.0 Å². The van der Waals surface area contributed by atoms with E-state index in [1.165, 1.54) is 5.69 Å². The number of nitrogens with two attached hydrogens (primary N) is 1. The quantitative estimate of drug-likeness (QED) is 0.859. The van der Waals surface area contributed by atoms with Gasteiger partial charge in [0, 0.05) is 12.2 Å². The maximum atomic E-state index is 5.39. The van der Waals surface area contributed by atoms with Crippen LogP contribution in [-0.4, -0.2) is 16.3 Å². The second-order valence-corrected chi connectivity index (χ2v) is 2.79. The molecular weight excluding hydrogens is 218 g/mol. The number of aromatic nitrogens is 2. The highest BCUT2D eigenvalue weighted by Gasteiger charge is 1.98. The smallest absolute Gasteiger partial charge is 0.0596 e. The lowest BCUT2D eigenvalue weighted by molar-refractivity contribution is 0.568. The molecule has 0 unspecified atom stereocenters. The van der Waals surface area contributed by atoms with E-state index in [0.717, 1.165) is 25.2 Å². The molecule has 0 aliphatic rings. The lowest BCUT2D eigenvalue weighted by Crippen LogP contribution is -2.08. The van der Waals surface area contributed by atoms with Crippen molar-refractivity contribution in [2.75, 3.05) is 6.54 Å². The highest BCUT2D eigenvalue weighted by molar-refractivity contribution is 8.93. The molecule has 0 amide bonds. The van der Waals surface area contributed by atoms with E-state index in [0.29, 0.717) is 0 Å². The molecule has 0 aliphatic heterocycles. The molecule has 0 aliphatic carbocycles. The molecule has 0 spiro atoms. The van der Waals surface area contributed by atoms with E-state index < -0.39 is 0 Å².